The lowest BCUT2D eigenvalue weighted by Gasteiger charge is -2.30. The van der Waals surface area contributed by atoms with Crippen LogP contribution in [0, 0.1) is 0 Å². The molecule has 5 heteroatoms. The van der Waals surface area contributed by atoms with Crippen LogP contribution in [0.3, 0.4) is 0 Å². The van der Waals surface area contributed by atoms with Crippen LogP contribution in [0.4, 0.5) is 13.2 Å². The summed E-state index contributed by atoms with van der Waals surface area (Å²) in [4.78, 5) is 1.27. The van der Waals surface area contributed by atoms with Crippen molar-refractivity contribution in [2.24, 2.45) is 0 Å². The van der Waals surface area contributed by atoms with E-state index >= 15 is 0 Å². The highest BCUT2D eigenvalue weighted by atomic mass is 19.4. The zero-order chi connectivity index (χ0) is 9.19. The lowest BCUT2D eigenvalue weighted by Crippen LogP contribution is -2.42. The Kier molecular flexibility index (Phi) is 2.62. The van der Waals surface area contributed by atoms with Gasteiger partial charge in [-0.05, 0) is 13.0 Å². The molecule has 0 amide bonds. The second-order valence-electron chi connectivity index (χ2n) is 2.56. The van der Waals surface area contributed by atoms with Gasteiger partial charge in [-0.25, -0.2) is 0 Å². The molecule has 70 valence electrons. The Morgan fingerprint density at radius 2 is 2.25 bits per heavy atom. The van der Waals surface area contributed by atoms with E-state index in [9.17, 15) is 13.2 Å². The maximum absolute atomic E-state index is 12.2. The van der Waals surface area contributed by atoms with E-state index in [2.05, 4.69) is 5.32 Å². The Morgan fingerprint density at radius 1 is 1.58 bits per heavy atom. The molecule has 0 fully saturated rings. The van der Waals surface area contributed by atoms with E-state index in [1.807, 2.05) is 0 Å². The van der Waals surface area contributed by atoms with Crippen LogP contribution in [0.25, 0.3) is 0 Å². The maximum atomic E-state index is 12.2. The molecular weight excluding hydrogens is 169 g/mol. The van der Waals surface area contributed by atoms with Gasteiger partial charge >= 0.3 is 6.18 Å². The van der Waals surface area contributed by atoms with Gasteiger partial charge in [-0.15, -0.1) is 0 Å². The fourth-order valence-electron chi connectivity index (χ4n) is 1.16. The molecule has 0 bridgehead atoms. The normalized spacial score (nSPS) is 19.3. The maximum Gasteiger partial charge on any atom is 0.430 e. The van der Waals surface area contributed by atoms with Crippen molar-refractivity contribution in [2.45, 2.75) is 13.1 Å². The van der Waals surface area contributed by atoms with Gasteiger partial charge in [0.15, 0.2) is 0 Å². The molecule has 0 aliphatic carbocycles. The molecule has 1 N–H and O–H groups in total. The van der Waals surface area contributed by atoms with Gasteiger partial charge in [-0.1, -0.05) is 0 Å². The first-order valence-electron chi connectivity index (χ1n) is 3.78. The molecule has 1 aliphatic heterocycles. The van der Waals surface area contributed by atoms with Crippen LogP contribution in [0.15, 0.2) is 11.8 Å². The van der Waals surface area contributed by atoms with E-state index in [-0.39, 0.29) is 6.67 Å². The summed E-state index contributed by atoms with van der Waals surface area (Å²) in [7, 11) is 0. The molecule has 0 spiro atoms. The molecule has 0 aromatic rings. The summed E-state index contributed by atoms with van der Waals surface area (Å²) in [5.74, 6) is 0. The van der Waals surface area contributed by atoms with E-state index < -0.39 is 11.9 Å². The topological polar surface area (TPSA) is 15.3 Å². The highest BCUT2D eigenvalue weighted by Crippen LogP contribution is 2.28. The summed E-state index contributed by atoms with van der Waals surface area (Å²) in [5, 5.41) is 2.84. The van der Waals surface area contributed by atoms with Crippen molar-refractivity contribution < 1.29 is 13.2 Å². The molecular formula is C7H11F3N2. The van der Waals surface area contributed by atoms with Gasteiger partial charge in [0.05, 0.1) is 6.67 Å². The number of nitrogens with one attached hydrogen (secondary N) is 1. The van der Waals surface area contributed by atoms with E-state index in [0.717, 1.165) is 0 Å². The molecule has 2 nitrogen and oxygen atoms in total. The molecule has 0 unspecified atom stereocenters. The van der Waals surface area contributed by atoms with Crippen molar-refractivity contribution >= 4 is 0 Å². The van der Waals surface area contributed by atoms with Gasteiger partial charge in [0.25, 0.3) is 0 Å². The first-order valence-corrected chi connectivity index (χ1v) is 3.78. The van der Waals surface area contributed by atoms with Gasteiger partial charge in [-0.3, -0.25) is 5.32 Å². The summed E-state index contributed by atoms with van der Waals surface area (Å²) in [6.45, 7) is 2.65. The van der Waals surface area contributed by atoms with Gasteiger partial charge in [0.1, 0.15) is 5.70 Å². The third-order valence-electron chi connectivity index (χ3n) is 1.76. The molecule has 12 heavy (non-hydrogen) atoms. The van der Waals surface area contributed by atoms with Gasteiger partial charge in [-0.2, -0.15) is 13.2 Å². The van der Waals surface area contributed by atoms with Gasteiger partial charge in [0, 0.05) is 13.1 Å². The second kappa shape index (κ2) is 3.35. The summed E-state index contributed by atoms with van der Waals surface area (Å²) in [5.41, 5.74) is -0.524. The van der Waals surface area contributed by atoms with Crippen LogP contribution in [0.5, 0.6) is 0 Å². The zero-order valence-electron chi connectivity index (χ0n) is 6.78. The number of hydrogen-bond acceptors (Lipinski definition) is 2. The van der Waals surface area contributed by atoms with Crippen LogP contribution in [-0.4, -0.2) is 30.8 Å². The predicted octanol–water partition coefficient (Wildman–Crippen LogP) is 1.32. The van der Waals surface area contributed by atoms with Crippen molar-refractivity contribution in [3.63, 3.8) is 0 Å². The number of halogens is 3. The average molecular weight is 180 g/mol. The second-order valence-corrected chi connectivity index (χ2v) is 2.56. The smallest absolute Gasteiger partial charge is 0.355 e. The molecule has 1 aliphatic rings. The molecule has 0 radical (unpaired) electrons. The summed E-state index contributed by atoms with van der Waals surface area (Å²) < 4.78 is 36.7. The van der Waals surface area contributed by atoms with Crippen LogP contribution in [0.1, 0.15) is 6.92 Å². The predicted molar refractivity (Wildman–Crippen MR) is 39.4 cm³/mol. The molecule has 1 heterocycles. The number of allylic oxidation sites excluding steroid dienone is 1. The number of hydrogen-bond donors (Lipinski definition) is 1. The molecule has 1 rings (SSSR count). The number of alkyl halides is 3. The quantitative estimate of drug-likeness (QED) is 0.654. The first-order chi connectivity index (χ1) is 5.55. The van der Waals surface area contributed by atoms with Crippen molar-refractivity contribution in [2.75, 3.05) is 19.8 Å². The Balaban J connectivity index is 2.77. The third-order valence-corrected chi connectivity index (χ3v) is 1.76. The van der Waals surface area contributed by atoms with Crippen LogP contribution in [0.2, 0.25) is 0 Å². The van der Waals surface area contributed by atoms with Crippen molar-refractivity contribution in [1.29, 1.82) is 0 Å². The van der Waals surface area contributed by atoms with Crippen molar-refractivity contribution in [3.05, 3.63) is 11.8 Å². The van der Waals surface area contributed by atoms with Crippen LogP contribution < -0.4 is 5.32 Å². The van der Waals surface area contributed by atoms with Gasteiger partial charge in [0.2, 0.25) is 0 Å². The summed E-state index contributed by atoms with van der Waals surface area (Å²) >= 11 is 0. The molecule has 0 saturated heterocycles. The highest BCUT2D eigenvalue weighted by molar-refractivity contribution is 5.10. The minimum Gasteiger partial charge on any atom is -0.355 e. The van der Waals surface area contributed by atoms with E-state index in [1.165, 1.54) is 11.0 Å². The minimum atomic E-state index is -4.21. The first kappa shape index (κ1) is 9.38. The standard InChI is InChI=1S/C7H11F3N2/c1-2-12-5-11-4-3-6(12)7(8,9)10/h3,11H,2,4-5H2,1H3. The number of rotatable bonds is 1. The van der Waals surface area contributed by atoms with E-state index in [1.54, 1.807) is 6.92 Å². The number of nitrogens with zero attached hydrogens (tertiary/aromatic N) is 1. The molecule has 0 atom stereocenters. The van der Waals surface area contributed by atoms with Crippen molar-refractivity contribution in [1.82, 2.24) is 10.2 Å². The summed E-state index contributed by atoms with van der Waals surface area (Å²) in [6, 6.07) is 0. The molecule has 0 aromatic heterocycles. The molecule has 0 saturated carbocycles. The van der Waals surface area contributed by atoms with Gasteiger partial charge < -0.3 is 4.90 Å². The van der Waals surface area contributed by atoms with Crippen LogP contribution in [-0.2, 0) is 0 Å². The fraction of sp³-hybridized carbons (Fsp3) is 0.714. The Hall–Kier alpha value is -0.710. The molecule has 0 aromatic carbocycles. The lowest BCUT2D eigenvalue weighted by atomic mass is 10.3. The summed E-state index contributed by atoms with van der Waals surface area (Å²) in [6.07, 6.45) is -3.04. The third kappa shape index (κ3) is 1.91. The highest BCUT2D eigenvalue weighted by Gasteiger charge is 2.37. The minimum absolute atomic E-state index is 0.280. The lowest BCUT2D eigenvalue weighted by molar-refractivity contribution is -0.113. The van der Waals surface area contributed by atoms with Crippen LogP contribution >= 0.6 is 0 Å². The Morgan fingerprint density at radius 3 is 2.67 bits per heavy atom. The largest absolute Gasteiger partial charge is 0.430 e. The zero-order valence-corrected chi connectivity index (χ0v) is 6.78. The van der Waals surface area contributed by atoms with E-state index in [0.29, 0.717) is 13.1 Å². The van der Waals surface area contributed by atoms with Crippen molar-refractivity contribution in [3.8, 4) is 0 Å². The Bertz CT molecular complexity index is 186. The fourth-order valence-corrected chi connectivity index (χ4v) is 1.16. The monoisotopic (exact) mass is 180 g/mol. The van der Waals surface area contributed by atoms with E-state index in [4.69, 9.17) is 0 Å². The SMILES string of the molecule is CCN1CNCC=C1C(F)(F)F. The average Bonchev–Trinajstić information content (AvgIpc) is 2.03. The Labute approximate surface area is 69.0 Å².